The zero-order valence-electron chi connectivity index (χ0n) is 13.2. The number of nitrogens with zero attached hydrogens (tertiary/aromatic N) is 1. The van der Waals surface area contributed by atoms with Gasteiger partial charge in [0.05, 0.1) is 6.42 Å². The second-order valence-corrected chi connectivity index (χ2v) is 6.33. The van der Waals surface area contributed by atoms with Crippen molar-refractivity contribution in [3.05, 3.63) is 0 Å². The quantitative estimate of drug-likeness (QED) is 0.773. The predicted molar refractivity (Wildman–Crippen MR) is 75.6 cm³/mol. The highest BCUT2D eigenvalue weighted by Gasteiger charge is 2.28. The van der Waals surface area contributed by atoms with Crippen LogP contribution in [0, 0.1) is 0 Å². The van der Waals surface area contributed by atoms with Crippen molar-refractivity contribution in [2.24, 2.45) is 5.73 Å². The van der Waals surface area contributed by atoms with Crippen LogP contribution >= 0.6 is 0 Å². The van der Waals surface area contributed by atoms with E-state index in [4.69, 9.17) is 10.5 Å². The lowest BCUT2D eigenvalue weighted by Crippen LogP contribution is -2.46. The summed E-state index contributed by atoms with van der Waals surface area (Å²) in [6, 6.07) is -0.747. The number of nitrogens with two attached hydrogens (primary N) is 1. The second kappa shape index (κ2) is 6.89. The zero-order valence-corrected chi connectivity index (χ0v) is 13.2. The van der Waals surface area contributed by atoms with Gasteiger partial charge in [0.1, 0.15) is 11.6 Å². The van der Waals surface area contributed by atoms with Crippen molar-refractivity contribution in [1.29, 1.82) is 0 Å². The average molecular weight is 272 g/mol. The van der Waals surface area contributed by atoms with E-state index in [0.717, 1.165) is 0 Å². The molecule has 112 valence electrons. The van der Waals surface area contributed by atoms with Gasteiger partial charge in [-0.2, -0.15) is 0 Å². The minimum absolute atomic E-state index is 0.0225. The van der Waals surface area contributed by atoms with Gasteiger partial charge in [0.25, 0.3) is 0 Å². The van der Waals surface area contributed by atoms with Crippen molar-refractivity contribution >= 4 is 11.9 Å². The van der Waals surface area contributed by atoms with Gasteiger partial charge in [-0.05, 0) is 48.5 Å². The average Bonchev–Trinajstić information content (AvgIpc) is 2.12. The number of hydrogen-bond donors (Lipinski definition) is 1. The Kier molecular flexibility index (Phi) is 6.49. The minimum Gasteiger partial charge on any atom is -0.459 e. The predicted octanol–water partition coefficient (Wildman–Crippen LogP) is 1.69. The number of ether oxygens (including phenoxy) is 1. The molecule has 1 amide bonds. The molecule has 5 heteroatoms. The molecule has 5 nitrogen and oxygen atoms in total. The van der Waals surface area contributed by atoms with Crippen LogP contribution in [0.5, 0.6) is 0 Å². The third-order valence-electron chi connectivity index (χ3n) is 2.50. The molecule has 0 saturated carbocycles. The summed E-state index contributed by atoms with van der Waals surface area (Å²) in [5, 5.41) is 0. The van der Waals surface area contributed by atoms with Crippen LogP contribution in [0.2, 0.25) is 0 Å². The number of amides is 1. The molecule has 0 aliphatic heterocycles. The molecule has 0 saturated heterocycles. The summed E-state index contributed by atoms with van der Waals surface area (Å²) < 4.78 is 5.17. The Balaban J connectivity index is 4.59. The van der Waals surface area contributed by atoms with Crippen LogP contribution in [-0.2, 0) is 14.3 Å². The van der Waals surface area contributed by atoms with Gasteiger partial charge in [0, 0.05) is 12.1 Å². The molecule has 2 N–H and O–H groups in total. The molecule has 0 spiro atoms. The molecule has 0 heterocycles. The summed E-state index contributed by atoms with van der Waals surface area (Å²) in [4.78, 5) is 25.6. The smallest absolute Gasteiger partial charge is 0.323 e. The lowest BCUT2D eigenvalue weighted by atomic mass is 10.1. The zero-order chi connectivity index (χ0) is 15.4. The molecule has 0 bridgehead atoms. The fourth-order valence-electron chi connectivity index (χ4n) is 1.93. The van der Waals surface area contributed by atoms with E-state index in [1.54, 1.807) is 25.7 Å². The van der Waals surface area contributed by atoms with Gasteiger partial charge < -0.3 is 15.4 Å². The van der Waals surface area contributed by atoms with Crippen molar-refractivity contribution in [3.63, 3.8) is 0 Å². The van der Waals surface area contributed by atoms with Gasteiger partial charge in [-0.15, -0.1) is 0 Å². The Hall–Kier alpha value is -1.10. The molecule has 1 unspecified atom stereocenters. The van der Waals surface area contributed by atoms with Crippen molar-refractivity contribution in [3.8, 4) is 0 Å². The highest BCUT2D eigenvalue weighted by atomic mass is 16.6. The van der Waals surface area contributed by atoms with Crippen LogP contribution in [0.1, 0.15) is 54.9 Å². The van der Waals surface area contributed by atoms with E-state index in [2.05, 4.69) is 0 Å². The summed E-state index contributed by atoms with van der Waals surface area (Å²) in [7, 11) is 0. The summed E-state index contributed by atoms with van der Waals surface area (Å²) in [5.41, 5.74) is 5.15. The molecular weight excluding hydrogens is 244 g/mol. The normalized spacial score (nSPS) is 13.6. The van der Waals surface area contributed by atoms with E-state index in [9.17, 15) is 9.59 Å². The van der Waals surface area contributed by atoms with Gasteiger partial charge in [0.15, 0.2) is 0 Å². The molecule has 0 aromatic carbocycles. The van der Waals surface area contributed by atoms with Crippen LogP contribution in [-0.4, -0.2) is 40.5 Å². The molecule has 0 aromatic rings. The number of carbonyl (C=O) groups excluding carboxylic acids is 2. The molecule has 19 heavy (non-hydrogen) atoms. The van der Waals surface area contributed by atoms with Crippen LogP contribution < -0.4 is 5.73 Å². The first-order chi connectivity index (χ1) is 8.45. The first-order valence-corrected chi connectivity index (χ1v) is 6.75. The molecular formula is C14H28N2O3. The Morgan fingerprint density at radius 1 is 1.11 bits per heavy atom. The topological polar surface area (TPSA) is 72.6 Å². The van der Waals surface area contributed by atoms with Crippen molar-refractivity contribution in [2.75, 3.05) is 0 Å². The summed E-state index contributed by atoms with van der Waals surface area (Å²) in [6.45, 7) is 13.1. The van der Waals surface area contributed by atoms with Crippen LogP contribution in [0.15, 0.2) is 0 Å². The largest absolute Gasteiger partial charge is 0.459 e. The SMILES string of the molecule is CC(C)N(C(=O)CC(N)C(=O)OC(C)(C)C)C(C)C. The lowest BCUT2D eigenvalue weighted by Gasteiger charge is -2.31. The van der Waals surface area contributed by atoms with E-state index in [0.29, 0.717) is 0 Å². The van der Waals surface area contributed by atoms with Crippen LogP contribution in [0.3, 0.4) is 0 Å². The Labute approximate surface area is 116 Å². The maximum atomic E-state index is 12.1. The van der Waals surface area contributed by atoms with E-state index in [1.165, 1.54) is 0 Å². The summed E-state index contributed by atoms with van der Waals surface area (Å²) in [5.74, 6) is -0.656. The van der Waals surface area contributed by atoms with Crippen molar-refractivity contribution in [1.82, 2.24) is 4.90 Å². The fourth-order valence-corrected chi connectivity index (χ4v) is 1.93. The van der Waals surface area contributed by atoms with Gasteiger partial charge >= 0.3 is 5.97 Å². The van der Waals surface area contributed by atoms with Gasteiger partial charge in [-0.1, -0.05) is 0 Å². The highest BCUT2D eigenvalue weighted by molar-refractivity contribution is 5.85. The molecule has 0 fully saturated rings. The number of hydrogen-bond acceptors (Lipinski definition) is 4. The van der Waals surface area contributed by atoms with Crippen LogP contribution in [0.25, 0.3) is 0 Å². The van der Waals surface area contributed by atoms with E-state index in [-0.39, 0.29) is 24.4 Å². The number of carbonyl (C=O) groups is 2. The highest BCUT2D eigenvalue weighted by Crippen LogP contribution is 2.12. The number of rotatable bonds is 5. The van der Waals surface area contributed by atoms with Gasteiger partial charge in [0.2, 0.25) is 5.91 Å². The maximum absolute atomic E-state index is 12.1. The van der Waals surface area contributed by atoms with Gasteiger partial charge in [-0.3, -0.25) is 9.59 Å². The van der Waals surface area contributed by atoms with Crippen LogP contribution in [0.4, 0.5) is 0 Å². The van der Waals surface area contributed by atoms with E-state index in [1.807, 2.05) is 27.7 Å². The Morgan fingerprint density at radius 3 is 1.84 bits per heavy atom. The standard InChI is InChI=1S/C14H28N2O3/c1-9(2)16(10(3)4)12(17)8-11(15)13(18)19-14(5,6)7/h9-11H,8,15H2,1-7H3. The summed E-state index contributed by atoms with van der Waals surface area (Å²) in [6.07, 6.45) is -0.0225. The van der Waals surface area contributed by atoms with Gasteiger partial charge in [-0.25, -0.2) is 0 Å². The molecule has 0 aliphatic rings. The molecule has 1 atom stereocenters. The molecule has 0 aliphatic carbocycles. The molecule has 0 rings (SSSR count). The first-order valence-electron chi connectivity index (χ1n) is 6.75. The second-order valence-electron chi connectivity index (χ2n) is 6.33. The molecule has 0 aromatic heterocycles. The third kappa shape index (κ3) is 6.57. The van der Waals surface area contributed by atoms with Crippen molar-refractivity contribution < 1.29 is 14.3 Å². The van der Waals surface area contributed by atoms with E-state index < -0.39 is 17.6 Å². The Bertz CT molecular complexity index is 311. The maximum Gasteiger partial charge on any atom is 0.323 e. The first kappa shape index (κ1) is 17.9. The lowest BCUT2D eigenvalue weighted by molar-refractivity contribution is -0.158. The Morgan fingerprint density at radius 2 is 1.53 bits per heavy atom. The van der Waals surface area contributed by atoms with E-state index >= 15 is 0 Å². The summed E-state index contributed by atoms with van der Waals surface area (Å²) >= 11 is 0. The third-order valence-corrected chi connectivity index (χ3v) is 2.50. The molecule has 0 radical (unpaired) electrons. The monoisotopic (exact) mass is 272 g/mol. The fraction of sp³-hybridized carbons (Fsp3) is 0.857. The van der Waals surface area contributed by atoms with Crippen molar-refractivity contribution in [2.45, 2.75) is 78.6 Å². The number of esters is 1. The minimum atomic E-state index is -0.910.